The normalized spacial score (nSPS) is 12.7. The number of aryl methyl sites for hydroxylation is 1. The van der Waals surface area contributed by atoms with Crippen molar-refractivity contribution in [3.05, 3.63) is 39.1 Å². The highest BCUT2D eigenvalue weighted by Crippen LogP contribution is 2.33. The van der Waals surface area contributed by atoms with Gasteiger partial charge in [-0.1, -0.05) is 0 Å². The van der Waals surface area contributed by atoms with Crippen LogP contribution in [0.3, 0.4) is 0 Å². The second-order valence-electron chi connectivity index (χ2n) is 4.11. The number of nitrogens with zero attached hydrogens (tertiary/aromatic N) is 1. The van der Waals surface area contributed by atoms with Gasteiger partial charge in [0.1, 0.15) is 10.8 Å². The van der Waals surface area contributed by atoms with Gasteiger partial charge >= 0.3 is 0 Å². The van der Waals surface area contributed by atoms with E-state index in [9.17, 15) is 4.39 Å². The first-order valence-electron chi connectivity index (χ1n) is 5.63. The Balaban J connectivity index is 2.42. The van der Waals surface area contributed by atoms with Gasteiger partial charge < -0.3 is 5.32 Å². The molecule has 18 heavy (non-hydrogen) atoms. The Morgan fingerprint density at radius 2 is 2.17 bits per heavy atom. The molecule has 2 aromatic rings. The van der Waals surface area contributed by atoms with Crippen molar-refractivity contribution in [3.8, 4) is 10.6 Å². The van der Waals surface area contributed by atoms with Gasteiger partial charge in [-0.2, -0.15) is 0 Å². The zero-order valence-corrected chi connectivity index (χ0v) is 12.8. The van der Waals surface area contributed by atoms with Crippen molar-refractivity contribution in [2.75, 3.05) is 7.05 Å². The summed E-state index contributed by atoms with van der Waals surface area (Å²) in [5.41, 5.74) is 1.96. The van der Waals surface area contributed by atoms with Gasteiger partial charge in [-0.05, 0) is 55.0 Å². The van der Waals surface area contributed by atoms with Gasteiger partial charge in [0.25, 0.3) is 0 Å². The van der Waals surface area contributed by atoms with Crippen molar-refractivity contribution in [2.24, 2.45) is 0 Å². The summed E-state index contributed by atoms with van der Waals surface area (Å²) in [4.78, 5) is 5.77. The summed E-state index contributed by atoms with van der Waals surface area (Å²) in [5, 5.41) is 4.13. The van der Waals surface area contributed by atoms with Gasteiger partial charge in [-0.15, -0.1) is 11.3 Å². The Kier molecular flexibility index (Phi) is 4.14. The molecule has 0 saturated carbocycles. The second-order valence-corrected chi connectivity index (χ2v) is 5.99. The Morgan fingerprint density at radius 1 is 1.44 bits per heavy atom. The first-order valence-corrected chi connectivity index (χ1v) is 7.24. The molecule has 0 spiro atoms. The summed E-state index contributed by atoms with van der Waals surface area (Å²) in [7, 11) is 1.93. The Hall–Kier alpha value is -0.780. The van der Waals surface area contributed by atoms with Gasteiger partial charge in [0.2, 0.25) is 0 Å². The zero-order valence-electron chi connectivity index (χ0n) is 10.4. The monoisotopic (exact) mass is 328 g/mol. The molecule has 2 nitrogen and oxygen atoms in total. The Labute approximate surface area is 118 Å². The third kappa shape index (κ3) is 2.63. The summed E-state index contributed by atoms with van der Waals surface area (Å²) in [6.07, 6.45) is 0. The number of aromatic nitrogens is 1. The van der Waals surface area contributed by atoms with Crippen LogP contribution >= 0.6 is 27.3 Å². The van der Waals surface area contributed by atoms with Crippen LogP contribution in [-0.2, 0) is 0 Å². The molecular weight excluding hydrogens is 315 g/mol. The maximum Gasteiger partial charge on any atom is 0.137 e. The van der Waals surface area contributed by atoms with E-state index >= 15 is 0 Å². The van der Waals surface area contributed by atoms with E-state index in [2.05, 4.69) is 33.2 Å². The molecule has 1 atom stereocenters. The number of hydrogen-bond acceptors (Lipinski definition) is 3. The van der Waals surface area contributed by atoms with Crippen LogP contribution in [0, 0.1) is 12.7 Å². The summed E-state index contributed by atoms with van der Waals surface area (Å²) < 4.78 is 13.7. The number of thiazole rings is 1. The third-order valence-corrected chi connectivity index (χ3v) is 4.82. The standard InChI is InChI=1S/C13H14BrFN2S/c1-7(16-3)12-8(2)17-13(18-12)9-4-5-11(15)10(14)6-9/h4-7,16H,1-3H3. The van der Waals surface area contributed by atoms with Crippen molar-refractivity contribution in [2.45, 2.75) is 19.9 Å². The molecule has 1 aromatic heterocycles. The molecule has 96 valence electrons. The maximum absolute atomic E-state index is 13.2. The molecule has 1 unspecified atom stereocenters. The summed E-state index contributed by atoms with van der Waals surface area (Å²) in [5.74, 6) is -0.254. The largest absolute Gasteiger partial charge is 0.312 e. The van der Waals surface area contributed by atoms with Crippen LogP contribution in [0.1, 0.15) is 23.5 Å². The van der Waals surface area contributed by atoms with Crippen molar-refractivity contribution in [1.82, 2.24) is 10.3 Å². The lowest BCUT2D eigenvalue weighted by Gasteiger charge is -2.06. The molecule has 5 heteroatoms. The molecule has 1 aromatic carbocycles. The topological polar surface area (TPSA) is 24.9 Å². The smallest absolute Gasteiger partial charge is 0.137 e. The van der Waals surface area contributed by atoms with E-state index in [1.807, 2.05) is 14.0 Å². The Morgan fingerprint density at radius 3 is 2.78 bits per heavy atom. The molecule has 0 fully saturated rings. The maximum atomic E-state index is 13.2. The van der Waals surface area contributed by atoms with Crippen molar-refractivity contribution in [1.29, 1.82) is 0 Å². The molecular formula is C13H14BrFN2S. The van der Waals surface area contributed by atoms with Crippen LogP contribution in [0.25, 0.3) is 10.6 Å². The lowest BCUT2D eigenvalue weighted by atomic mass is 10.2. The van der Waals surface area contributed by atoms with Crippen LogP contribution in [0.15, 0.2) is 22.7 Å². The van der Waals surface area contributed by atoms with E-state index in [1.165, 1.54) is 10.9 Å². The highest BCUT2D eigenvalue weighted by molar-refractivity contribution is 9.10. The lowest BCUT2D eigenvalue weighted by Crippen LogP contribution is -2.11. The SMILES string of the molecule is CNC(C)c1sc(-c2ccc(F)c(Br)c2)nc1C. The van der Waals surface area contributed by atoms with Gasteiger partial charge in [0.15, 0.2) is 0 Å². The fourth-order valence-corrected chi connectivity index (χ4v) is 3.20. The van der Waals surface area contributed by atoms with Crippen LogP contribution < -0.4 is 5.32 Å². The number of rotatable bonds is 3. The summed E-state index contributed by atoms with van der Waals surface area (Å²) in [6.45, 7) is 4.10. The number of halogens is 2. The van der Waals surface area contributed by atoms with Crippen molar-refractivity contribution < 1.29 is 4.39 Å². The first kappa shape index (κ1) is 13.6. The minimum atomic E-state index is -0.254. The quantitative estimate of drug-likeness (QED) is 0.908. The molecule has 0 aliphatic carbocycles. The van der Waals surface area contributed by atoms with Crippen LogP contribution in [0.2, 0.25) is 0 Å². The van der Waals surface area contributed by atoms with Crippen LogP contribution in [0.4, 0.5) is 4.39 Å². The van der Waals surface area contributed by atoms with E-state index in [-0.39, 0.29) is 11.9 Å². The van der Waals surface area contributed by atoms with E-state index in [1.54, 1.807) is 23.5 Å². The average Bonchev–Trinajstić information content (AvgIpc) is 2.74. The molecule has 0 radical (unpaired) electrons. The minimum absolute atomic E-state index is 0.254. The van der Waals surface area contributed by atoms with E-state index in [0.717, 1.165) is 16.3 Å². The van der Waals surface area contributed by atoms with Crippen LogP contribution in [0.5, 0.6) is 0 Å². The van der Waals surface area contributed by atoms with Gasteiger partial charge in [0.05, 0.1) is 10.2 Å². The van der Waals surface area contributed by atoms with E-state index in [0.29, 0.717) is 4.47 Å². The summed E-state index contributed by atoms with van der Waals surface area (Å²) in [6, 6.07) is 5.26. The number of hydrogen-bond donors (Lipinski definition) is 1. The van der Waals surface area contributed by atoms with Crippen molar-refractivity contribution >= 4 is 27.3 Å². The summed E-state index contributed by atoms with van der Waals surface area (Å²) >= 11 is 4.84. The predicted molar refractivity (Wildman–Crippen MR) is 77.4 cm³/mol. The molecule has 0 aliphatic heterocycles. The Bertz CT molecular complexity index is 568. The molecule has 1 heterocycles. The third-order valence-electron chi connectivity index (χ3n) is 2.83. The fraction of sp³-hybridized carbons (Fsp3) is 0.308. The molecule has 2 rings (SSSR count). The zero-order chi connectivity index (χ0) is 13.3. The van der Waals surface area contributed by atoms with Gasteiger partial charge in [0, 0.05) is 16.5 Å². The second kappa shape index (κ2) is 5.47. The fourth-order valence-electron chi connectivity index (χ4n) is 1.69. The number of benzene rings is 1. The van der Waals surface area contributed by atoms with Crippen molar-refractivity contribution in [3.63, 3.8) is 0 Å². The first-order chi connectivity index (χ1) is 8.52. The molecule has 0 saturated heterocycles. The van der Waals surface area contributed by atoms with E-state index < -0.39 is 0 Å². The highest BCUT2D eigenvalue weighted by Gasteiger charge is 2.14. The van der Waals surface area contributed by atoms with Gasteiger partial charge in [-0.3, -0.25) is 0 Å². The average molecular weight is 329 g/mol. The van der Waals surface area contributed by atoms with Gasteiger partial charge in [-0.25, -0.2) is 9.37 Å². The van der Waals surface area contributed by atoms with E-state index in [4.69, 9.17) is 0 Å². The molecule has 0 aliphatic rings. The lowest BCUT2D eigenvalue weighted by molar-refractivity contribution is 0.621. The predicted octanol–water partition coefficient (Wildman–Crippen LogP) is 4.30. The highest BCUT2D eigenvalue weighted by atomic mass is 79.9. The molecule has 1 N–H and O–H groups in total. The molecule has 0 amide bonds. The number of nitrogens with one attached hydrogen (secondary N) is 1. The minimum Gasteiger partial charge on any atom is -0.312 e. The van der Waals surface area contributed by atoms with Crippen LogP contribution in [-0.4, -0.2) is 12.0 Å². The molecule has 0 bridgehead atoms.